The summed E-state index contributed by atoms with van der Waals surface area (Å²) in [6.45, 7) is 6.37. The van der Waals surface area contributed by atoms with E-state index in [4.69, 9.17) is 0 Å². The molecule has 0 saturated carbocycles. The zero-order valence-electron chi connectivity index (χ0n) is 26.6. The predicted molar refractivity (Wildman–Crippen MR) is 202 cm³/mol. The highest BCUT2D eigenvalue weighted by atomic mass is 32.1. The van der Waals surface area contributed by atoms with Crippen molar-refractivity contribution in [3.63, 3.8) is 0 Å². The summed E-state index contributed by atoms with van der Waals surface area (Å²) < 4.78 is 7.52. The molecular formula is C42H35N3S. The fraction of sp³-hybridized carbons (Fsp3) is 0.143. The van der Waals surface area contributed by atoms with Gasteiger partial charge in [-0.25, -0.2) is 0 Å². The van der Waals surface area contributed by atoms with E-state index in [2.05, 4.69) is 157 Å². The van der Waals surface area contributed by atoms with Crippen LogP contribution in [0.25, 0.3) is 86.0 Å². The van der Waals surface area contributed by atoms with Gasteiger partial charge in [0.15, 0.2) is 0 Å². The smallest absolute Gasteiger partial charge is 0.0512 e. The van der Waals surface area contributed by atoms with Gasteiger partial charge in [0.25, 0.3) is 0 Å². The first-order chi connectivity index (χ1) is 22.5. The number of benzene rings is 6. The Morgan fingerprint density at radius 3 is 1.50 bits per heavy atom. The molecule has 0 N–H and O–H groups in total. The highest BCUT2D eigenvalue weighted by molar-refractivity contribution is 7.25. The van der Waals surface area contributed by atoms with Crippen LogP contribution >= 0.6 is 11.3 Å². The summed E-state index contributed by atoms with van der Waals surface area (Å²) in [5, 5.41) is 7.94. The monoisotopic (exact) mass is 613 g/mol. The van der Waals surface area contributed by atoms with Crippen molar-refractivity contribution in [3.05, 3.63) is 115 Å². The molecule has 46 heavy (non-hydrogen) atoms. The second kappa shape index (κ2) is 10.2. The maximum Gasteiger partial charge on any atom is 0.0512 e. The minimum Gasteiger partial charge on any atom is -0.378 e. The van der Waals surface area contributed by atoms with Crippen LogP contribution in [0.2, 0.25) is 0 Å². The third-order valence-corrected chi connectivity index (χ3v) is 11.1. The number of rotatable bonds is 5. The van der Waals surface area contributed by atoms with E-state index in [1.54, 1.807) is 0 Å². The van der Waals surface area contributed by atoms with E-state index < -0.39 is 0 Å². The number of fused-ring (bicyclic) bond motifs is 9. The molecule has 0 atom stereocenters. The second-order valence-electron chi connectivity index (χ2n) is 12.6. The summed E-state index contributed by atoms with van der Waals surface area (Å²) in [6, 6.07) is 43.6. The van der Waals surface area contributed by atoms with Gasteiger partial charge in [0.05, 0.1) is 5.52 Å². The maximum atomic E-state index is 2.44. The third kappa shape index (κ3) is 3.96. The van der Waals surface area contributed by atoms with Gasteiger partial charge in [-0.05, 0) is 103 Å². The molecular weight excluding hydrogens is 579 g/mol. The number of anilines is 1. The Hall–Kier alpha value is -5.06. The van der Waals surface area contributed by atoms with E-state index in [1.807, 2.05) is 11.3 Å². The SMILES string of the molecule is CCn1c2ccccc2c2cc(-c3ccc4sc5ccc(-c6ccc7c(c6)c6ccc(N(C)C)cc6n7CC)cc5c4c3)ccc21. The summed E-state index contributed by atoms with van der Waals surface area (Å²) in [5.41, 5.74) is 11.5. The standard InChI is InChI=1S/C42H35N3S/c1-5-44-37-10-8-7-9-31(37)33-21-26(11-17-38(33)44)28-13-19-41-35(23-28)36-24-29(14-20-42(36)46-41)27-12-18-39-34(22-27)32-16-15-30(43(3)4)25-40(32)45(39)6-2/h7-25H,5-6H2,1-4H3. The van der Waals surface area contributed by atoms with Crippen molar-refractivity contribution >= 4 is 80.8 Å². The number of hydrogen-bond donors (Lipinski definition) is 0. The van der Waals surface area contributed by atoms with Crippen molar-refractivity contribution in [2.24, 2.45) is 0 Å². The van der Waals surface area contributed by atoms with E-state index in [0.29, 0.717) is 0 Å². The molecule has 9 aromatic rings. The van der Waals surface area contributed by atoms with Crippen LogP contribution in [0.5, 0.6) is 0 Å². The lowest BCUT2D eigenvalue weighted by molar-refractivity contribution is 0.827. The van der Waals surface area contributed by atoms with Crippen LogP contribution in [0.1, 0.15) is 13.8 Å². The molecule has 4 heteroatoms. The molecule has 224 valence electrons. The Labute approximate surface area is 272 Å². The zero-order chi connectivity index (χ0) is 31.1. The van der Waals surface area contributed by atoms with Crippen LogP contribution in [0.3, 0.4) is 0 Å². The van der Waals surface area contributed by atoms with Gasteiger partial charge >= 0.3 is 0 Å². The molecule has 6 aromatic carbocycles. The Morgan fingerprint density at radius 2 is 0.935 bits per heavy atom. The number of thiophene rings is 1. The van der Waals surface area contributed by atoms with Gasteiger partial charge in [0.1, 0.15) is 0 Å². The first-order valence-electron chi connectivity index (χ1n) is 16.2. The van der Waals surface area contributed by atoms with E-state index in [-0.39, 0.29) is 0 Å². The molecule has 0 fully saturated rings. The van der Waals surface area contributed by atoms with Gasteiger partial charge in [0.2, 0.25) is 0 Å². The van der Waals surface area contributed by atoms with Crippen molar-refractivity contribution in [1.29, 1.82) is 0 Å². The highest BCUT2D eigenvalue weighted by Gasteiger charge is 2.15. The van der Waals surface area contributed by atoms with Gasteiger partial charge in [-0.1, -0.05) is 48.5 Å². The molecule has 0 bridgehead atoms. The number of hydrogen-bond acceptors (Lipinski definition) is 2. The van der Waals surface area contributed by atoms with Crippen LogP contribution in [-0.4, -0.2) is 23.2 Å². The molecule has 0 aliphatic carbocycles. The van der Waals surface area contributed by atoms with Gasteiger partial charge in [-0.2, -0.15) is 0 Å². The van der Waals surface area contributed by atoms with Gasteiger partial charge in [-0.3, -0.25) is 0 Å². The number of aromatic nitrogens is 2. The van der Waals surface area contributed by atoms with Gasteiger partial charge in [0, 0.05) is 91.1 Å². The largest absolute Gasteiger partial charge is 0.378 e. The van der Waals surface area contributed by atoms with E-state index in [0.717, 1.165) is 13.1 Å². The molecule has 0 unspecified atom stereocenters. The molecule has 0 spiro atoms. The molecule has 3 aromatic heterocycles. The number of para-hydroxylation sites is 1. The van der Waals surface area contributed by atoms with Crippen molar-refractivity contribution in [1.82, 2.24) is 9.13 Å². The van der Waals surface area contributed by atoms with E-state index in [1.165, 1.54) is 91.7 Å². The predicted octanol–water partition coefficient (Wildman–Crippen LogP) is 11.7. The summed E-state index contributed by atoms with van der Waals surface area (Å²) >= 11 is 1.88. The summed E-state index contributed by atoms with van der Waals surface area (Å²) in [7, 11) is 4.21. The minimum atomic E-state index is 0.943. The molecule has 0 radical (unpaired) electrons. The van der Waals surface area contributed by atoms with Crippen LogP contribution < -0.4 is 4.90 Å². The van der Waals surface area contributed by atoms with Crippen molar-refractivity contribution in [2.75, 3.05) is 19.0 Å². The molecule has 9 rings (SSSR count). The lowest BCUT2D eigenvalue weighted by atomic mass is 9.98. The molecule has 3 nitrogen and oxygen atoms in total. The Kier molecular flexibility index (Phi) is 6.06. The van der Waals surface area contributed by atoms with E-state index >= 15 is 0 Å². The fourth-order valence-corrected chi connectivity index (χ4v) is 8.66. The van der Waals surface area contributed by atoms with Crippen LogP contribution in [0.4, 0.5) is 5.69 Å². The average Bonchev–Trinajstić information content (AvgIpc) is 3.73. The van der Waals surface area contributed by atoms with Gasteiger partial charge < -0.3 is 14.0 Å². The third-order valence-electron chi connectivity index (χ3n) is 9.91. The molecule has 0 amide bonds. The lowest BCUT2D eigenvalue weighted by Crippen LogP contribution is -2.08. The minimum absolute atomic E-state index is 0.943. The number of aryl methyl sites for hydroxylation is 2. The number of nitrogens with zero attached hydrogens (tertiary/aromatic N) is 3. The first-order valence-corrected chi connectivity index (χ1v) is 17.1. The summed E-state index contributed by atoms with van der Waals surface area (Å²) in [4.78, 5) is 2.18. The molecule has 0 saturated heterocycles. The Balaban J connectivity index is 1.17. The van der Waals surface area contributed by atoms with Crippen molar-refractivity contribution < 1.29 is 0 Å². The highest BCUT2D eigenvalue weighted by Crippen LogP contribution is 2.41. The van der Waals surface area contributed by atoms with Crippen molar-refractivity contribution in [2.45, 2.75) is 26.9 Å². The Bertz CT molecular complexity index is 2650. The van der Waals surface area contributed by atoms with Gasteiger partial charge in [-0.15, -0.1) is 11.3 Å². The average molecular weight is 614 g/mol. The quantitative estimate of drug-likeness (QED) is 0.188. The van der Waals surface area contributed by atoms with E-state index in [9.17, 15) is 0 Å². The molecule has 0 aliphatic rings. The van der Waals surface area contributed by atoms with Crippen LogP contribution in [-0.2, 0) is 13.1 Å². The lowest BCUT2D eigenvalue weighted by Gasteiger charge is -2.13. The fourth-order valence-electron chi connectivity index (χ4n) is 7.60. The summed E-state index contributed by atoms with van der Waals surface area (Å²) in [6.07, 6.45) is 0. The topological polar surface area (TPSA) is 13.1 Å². The zero-order valence-corrected chi connectivity index (χ0v) is 27.5. The molecule has 0 aliphatic heterocycles. The van der Waals surface area contributed by atoms with Crippen molar-refractivity contribution in [3.8, 4) is 22.3 Å². The normalized spacial score (nSPS) is 12.1. The second-order valence-corrected chi connectivity index (χ2v) is 13.7. The first kappa shape index (κ1) is 27.3. The Morgan fingerprint density at radius 1 is 0.457 bits per heavy atom. The van der Waals surface area contributed by atoms with Crippen LogP contribution in [0, 0.1) is 0 Å². The summed E-state index contributed by atoms with van der Waals surface area (Å²) in [5.74, 6) is 0. The molecule has 3 heterocycles. The maximum absolute atomic E-state index is 2.44. The van der Waals surface area contributed by atoms with Crippen LogP contribution in [0.15, 0.2) is 115 Å².